The van der Waals surface area contributed by atoms with Gasteiger partial charge >= 0.3 is 0 Å². The monoisotopic (exact) mass is 228 g/mol. The molecule has 1 aliphatic rings. The van der Waals surface area contributed by atoms with Gasteiger partial charge in [-0.2, -0.15) is 0 Å². The number of ether oxygens (including phenoxy) is 1. The molecule has 0 radical (unpaired) electrons. The number of nitrogens with zero attached hydrogens (tertiary/aromatic N) is 1. The van der Waals surface area contributed by atoms with Crippen LogP contribution in [0.1, 0.15) is 32.1 Å². The van der Waals surface area contributed by atoms with Gasteiger partial charge in [-0.1, -0.05) is 6.42 Å². The molecule has 4 nitrogen and oxygen atoms in total. The summed E-state index contributed by atoms with van der Waals surface area (Å²) in [7, 11) is 3.56. The van der Waals surface area contributed by atoms with E-state index in [1.54, 1.807) is 19.0 Å². The highest BCUT2D eigenvalue weighted by atomic mass is 16.5. The molecule has 0 aromatic heterocycles. The highest BCUT2D eigenvalue weighted by Crippen LogP contribution is 2.27. The van der Waals surface area contributed by atoms with E-state index in [0.717, 1.165) is 19.4 Å². The molecule has 4 heteroatoms. The molecule has 2 atom stereocenters. The van der Waals surface area contributed by atoms with E-state index in [9.17, 15) is 4.79 Å². The molecule has 2 N–H and O–H groups in total. The Morgan fingerprint density at radius 1 is 1.44 bits per heavy atom. The van der Waals surface area contributed by atoms with Crippen LogP contribution in [0, 0.1) is 5.92 Å². The minimum absolute atomic E-state index is 0.172. The number of carbonyl (C=O) groups excluding carboxylic acids is 1. The van der Waals surface area contributed by atoms with Crippen LogP contribution >= 0.6 is 0 Å². The third-order valence-corrected chi connectivity index (χ3v) is 3.26. The first kappa shape index (κ1) is 13.5. The van der Waals surface area contributed by atoms with Crippen molar-refractivity contribution in [1.82, 2.24) is 4.90 Å². The molecule has 1 rings (SSSR count). The zero-order chi connectivity index (χ0) is 12.0. The molecule has 0 aromatic rings. The molecule has 0 aliphatic heterocycles. The maximum atomic E-state index is 11.3. The second-order valence-electron chi connectivity index (χ2n) is 4.73. The Hall–Kier alpha value is -0.610. The standard InChI is InChI=1S/C12H24N2O2/c1-14(2)12(15)7-4-8-16-11-6-3-5-10(11)9-13/h10-11H,3-9,13H2,1-2H3. The first-order chi connectivity index (χ1) is 7.65. The summed E-state index contributed by atoms with van der Waals surface area (Å²) in [5.41, 5.74) is 5.68. The smallest absolute Gasteiger partial charge is 0.222 e. The lowest BCUT2D eigenvalue weighted by Crippen LogP contribution is -2.26. The Bertz CT molecular complexity index is 219. The van der Waals surface area contributed by atoms with Crippen molar-refractivity contribution in [3.63, 3.8) is 0 Å². The maximum absolute atomic E-state index is 11.3. The van der Waals surface area contributed by atoms with Crippen LogP contribution in [0.3, 0.4) is 0 Å². The minimum atomic E-state index is 0.172. The van der Waals surface area contributed by atoms with E-state index in [-0.39, 0.29) is 5.91 Å². The Morgan fingerprint density at radius 3 is 2.81 bits per heavy atom. The van der Waals surface area contributed by atoms with Gasteiger partial charge in [-0.05, 0) is 31.7 Å². The lowest BCUT2D eigenvalue weighted by molar-refractivity contribution is -0.129. The second-order valence-corrected chi connectivity index (χ2v) is 4.73. The van der Waals surface area contributed by atoms with Crippen LogP contribution in [-0.2, 0) is 9.53 Å². The summed E-state index contributed by atoms with van der Waals surface area (Å²) < 4.78 is 5.79. The molecule has 2 unspecified atom stereocenters. The van der Waals surface area contributed by atoms with Crippen LogP contribution < -0.4 is 5.73 Å². The molecular weight excluding hydrogens is 204 g/mol. The van der Waals surface area contributed by atoms with Gasteiger partial charge in [-0.15, -0.1) is 0 Å². The quantitative estimate of drug-likeness (QED) is 0.690. The minimum Gasteiger partial charge on any atom is -0.378 e. The highest BCUT2D eigenvalue weighted by Gasteiger charge is 2.26. The lowest BCUT2D eigenvalue weighted by Gasteiger charge is -2.18. The van der Waals surface area contributed by atoms with Crippen LogP contribution in [0.4, 0.5) is 0 Å². The van der Waals surface area contributed by atoms with Gasteiger partial charge in [0, 0.05) is 27.1 Å². The fourth-order valence-electron chi connectivity index (χ4n) is 2.17. The Kier molecular flexibility index (Phi) is 5.77. The van der Waals surface area contributed by atoms with Crippen LogP contribution in [0.2, 0.25) is 0 Å². The summed E-state index contributed by atoms with van der Waals surface area (Å²) >= 11 is 0. The van der Waals surface area contributed by atoms with E-state index >= 15 is 0 Å². The molecule has 0 heterocycles. The first-order valence-electron chi connectivity index (χ1n) is 6.17. The second kappa shape index (κ2) is 6.86. The molecule has 94 valence electrons. The van der Waals surface area contributed by atoms with Gasteiger partial charge in [0.15, 0.2) is 0 Å². The lowest BCUT2D eigenvalue weighted by atomic mass is 10.1. The summed E-state index contributed by atoms with van der Waals surface area (Å²) in [4.78, 5) is 12.9. The molecule has 1 fully saturated rings. The van der Waals surface area contributed by atoms with Crippen molar-refractivity contribution in [2.45, 2.75) is 38.2 Å². The Morgan fingerprint density at radius 2 is 2.19 bits per heavy atom. The number of hydrogen-bond donors (Lipinski definition) is 1. The summed E-state index contributed by atoms with van der Waals surface area (Å²) in [5.74, 6) is 0.704. The van der Waals surface area contributed by atoms with Crippen molar-refractivity contribution in [1.29, 1.82) is 0 Å². The largest absolute Gasteiger partial charge is 0.378 e. The van der Waals surface area contributed by atoms with Crippen molar-refractivity contribution in [2.24, 2.45) is 11.7 Å². The third-order valence-electron chi connectivity index (χ3n) is 3.26. The summed E-state index contributed by atoms with van der Waals surface area (Å²) in [6.07, 6.45) is 5.27. The van der Waals surface area contributed by atoms with Gasteiger partial charge < -0.3 is 15.4 Å². The van der Waals surface area contributed by atoms with Gasteiger partial charge in [0.25, 0.3) is 0 Å². The predicted molar refractivity (Wildman–Crippen MR) is 64.1 cm³/mol. The van der Waals surface area contributed by atoms with E-state index in [2.05, 4.69) is 0 Å². The Balaban J connectivity index is 2.09. The van der Waals surface area contributed by atoms with Crippen LogP contribution in [0.25, 0.3) is 0 Å². The molecular formula is C12H24N2O2. The molecule has 1 saturated carbocycles. The zero-order valence-electron chi connectivity index (χ0n) is 10.4. The van der Waals surface area contributed by atoms with Crippen LogP contribution in [-0.4, -0.2) is 44.2 Å². The van der Waals surface area contributed by atoms with Crippen LogP contribution in [0.5, 0.6) is 0 Å². The van der Waals surface area contributed by atoms with Crippen molar-refractivity contribution in [2.75, 3.05) is 27.2 Å². The summed E-state index contributed by atoms with van der Waals surface area (Å²) in [6, 6.07) is 0. The van der Waals surface area contributed by atoms with Gasteiger partial charge in [0.05, 0.1) is 6.10 Å². The van der Waals surface area contributed by atoms with Gasteiger partial charge in [-0.3, -0.25) is 4.79 Å². The van der Waals surface area contributed by atoms with Crippen LogP contribution in [0.15, 0.2) is 0 Å². The van der Waals surface area contributed by atoms with Gasteiger partial charge in [-0.25, -0.2) is 0 Å². The SMILES string of the molecule is CN(C)C(=O)CCCOC1CCCC1CN. The molecule has 0 aromatic carbocycles. The van der Waals surface area contributed by atoms with Crippen molar-refractivity contribution >= 4 is 5.91 Å². The van der Waals surface area contributed by atoms with E-state index in [4.69, 9.17) is 10.5 Å². The van der Waals surface area contributed by atoms with E-state index in [1.807, 2.05) is 0 Å². The average molecular weight is 228 g/mol. The fraction of sp³-hybridized carbons (Fsp3) is 0.917. The number of hydrogen-bond acceptors (Lipinski definition) is 3. The van der Waals surface area contributed by atoms with Crippen molar-refractivity contribution < 1.29 is 9.53 Å². The first-order valence-corrected chi connectivity index (χ1v) is 6.17. The van der Waals surface area contributed by atoms with E-state index < -0.39 is 0 Å². The molecule has 0 bridgehead atoms. The maximum Gasteiger partial charge on any atom is 0.222 e. The summed E-state index contributed by atoms with van der Waals surface area (Å²) in [5, 5.41) is 0. The molecule has 0 saturated heterocycles. The number of nitrogens with two attached hydrogens (primary N) is 1. The van der Waals surface area contributed by atoms with Gasteiger partial charge in [0.1, 0.15) is 0 Å². The average Bonchev–Trinajstić information content (AvgIpc) is 2.71. The Labute approximate surface area is 98.1 Å². The normalized spacial score (nSPS) is 24.7. The molecule has 16 heavy (non-hydrogen) atoms. The predicted octanol–water partition coefficient (Wildman–Crippen LogP) is 0.999. The topological polar surface area (TPSA) is 55.6 Å². The van der Waals surface area contributed by atoms with E-state index in [1.165, 1.54) is 12.8 Å². The van der Waals surface area contributed by atoms with Crippen molar-refractivity contribution in [3.05, 3.63) is 0 Å². The number of amides is 1. The molecule has 1 aliphatic carbocycles. The van der Waals surface area contributed by atoms with Gasteiger partial charge in [0.2, 0.25) is 5.91 Å². The van der Waals surface area contributed by atoms with E-state index in [0.29, 0.717) is 25.0 Å². The number of rotatable bonds is 6. The fourth-order valence-corrected chi connectivity index (χ4v) is 2.17. The third kappa shape index (κ3) is 4.10. The molecule has 0 spiro atoms. The summed E-state index contributed by atoms with van der Waals surface area (Å²) in [6.45, 7) is 1.40. The number of carbonyl (C=O) groups is 1. The highest BCUT2D eigenvalue weighted by molar-refractivity contribution is 5.75. The molecule has 1 amide bonds. The zero-order valence-corrected chi connectivity index (χ0v) is 10.4. The van der Waals surface area contributed by atoms with Crippen molar-refractivity contribution in [3.8, 4) is 0 Å².